The summed E-state index contributed by atoms with van der Waals surface area (Å²) in [6, 6.07) is 16.2. The van der Waals surface area contributed by atoms with Gasteiger partial charge in [-0.05, 0) is 66.9 Å². The lowest BCUT2D eigenvalue weighted by Crippen LogP contribution is -2.23. The van der Waals surface area contributed by atoms with Gasteiger partial charge in [-0.15, -0.1) is 0 Å². The van der Waals surface area contributed by atoms with Gasteiger partial charge in [-0.1, -0.05) is 41.4 Å². The normalized spacial score (nSPS) is 10.5. The molecule has 6 heteroatoms. The number of benzene rings is 3. The number of hydrogen-bond donors (Lipinski definition) is 1. The molecular weight excluding hydrogens is 421 g/mol. The van der Waals surface area contributed by atoms with Crippen LogP contribution < -0.4 is 10.1 Å². The molecule has 0 aliphatic carbocycles. The molecule has 0 fully saturated rings. The van der Waals surface area contributed by atoms with Gasteiger partial charge in [0.05, 0.1) is 17.2 Å². The molecule has 0 radical (unpaired) electrons. The van der Waals surface area contributed by atoms with E-state index in [1.54, 1.807) is 12.1 Å². The Morgan fingerprint density at radius 1 is 1.03 bits per heavy atom. The first-order chi connectivity index (χ1) is 14.4. The van der Waals surface area contributed by atoms with Gasteiger partial charge in [0.1, 0.15) is 12.0 Å². The third-order valence-electron chi connectivity index (χ3n) is 4.72. The fraction of sp³-hybridized carbons (Fsp3) is 0.167. The molecule has 3 aromatic rings. The van der Waals surface area contributed by atoms with Gasteiger partial charge in [-0.2, -0.15) is 0 Å². The highest BCUT2D eigenvalue weighted by Gasteiger charge is 2.13. The fourth-order valence-corrected chi connectivity index (χ4v) is 3.58. The van der Waals surface area contributed by atoms with Crippen LogP contribution in [0, 0.1) is 6.92 Å². The van der Waals surface area contributed by atoms with Crippen LogP contribution in [0.1, 0.15) is 38.8 Å². The second kappa shape index (κ2) is 9.79. The monoisotopic (exact) mass is 441 g/mol. The highest BCUT2D eigenvalue weighted by Crippen LogP contribution is 2.28. The summed E-state index contributed by atoms with van der Waals surface area (Å²) in [7, 11) is 0. The van der Waals surface area contributed by atoms with Crippen LogP contribution in [0.3, 0.4) is 0 Å². The van der Waals surface area contributed by atoms with Gasteiger partial charge in [0, 0.05) is 22.7 Å². The minimum Gasteiger partial charge on any atom is -0.494 e. The van der Waals surface area contributed by atoms with E-state index in [1.807, 2.05) is 50.2 Å². The van der Waals surface area contributed by atoms with Gasteiger partial charge >= 0.3 is 0 Å². The van der Waals surface area contributed by atoms with Crippen molar-refractivity contribution in [3.63, 3.8) is 0 Å². The Hall–Kier alpha value is -2.82. The summed E-state index contributed by atoms with van der Waals surface area (Å²) >= 11 is 12.0. The van der Waals surface area contributed by atoms with Crippen molar-refractivity contribution in [2.45, 2.75) is 20.4 Å². The minimum absolute atomic E-state index is 0.257. The first kappa shape index (κ1) is 21.9. The molecule has 1 N–H and O–H groups in total. The number of carbonyl (C=O) groups is 2. The van der Waals surface area contributed by atoms with E-state index in [9.17, 15) is 9.59 Å². The van der Waals surface area contributed by atoms with Gasteiger partial charge in [0.25, 0.3) is 5.91 Å². The summed E-state index contributed by atoms with van der Waals surface area (Å²) in [6.45, 7) is 4.56. The fourth-order valence-electron chi connectivity index (χ4n) is 3.08. The molecule has 0 saturated carbocycles. The summed E-state index contributed by atoms with van der Waals surface area (Å²) in [5.41, 5.74) is 4.58. The zero-order valence-electron chi connectivity index (χ0n) is 16.7. The van der Waals surface area contributed by atoms with E-state index in [0.29, 0.717) is 33.5 Å². The second-order valence-corrected chi connectivity index (χ2v) is 7.60. The van der Waals surface area contributed by atoms with Crippen LogP contribution in [0.25, 0.3) is 11.1 Å². The van der Waals surface area contributed by atoms with Gasteiger partial charge in [-0.25, -0.2) is 0 Å². The van der Waals surface area contributed by atoms with E-state index in [-0.39, 0.29) is 12.5 Å². The van der Waals surface area contributed by atoms with Crippen LogP contribution in [0.2, 0.25) is 10.0 Å². The first-order valence-corrected chi connectivity index (χ1v) is 10.2. The van der Waals surface area contributed by atoms with Crippen molar-refractivity contribution in [2.75, 3.05) is 6.61 Å². The van der Waals surface area contributed by atoms with Gasteiger partial charge in [0.15, 0.2) is 0 Å². The standard InChI is InChI=1S/C24H21Cl2NO3/c1-3-30-23-9-6-17(16-5-4-15(2)19(11-16)14-28)10-18(23)13-27-24(29)21-8-7-20(25)12-22(21)26/h4-12,14H,3,13H2,1-2H3,(H,27,29). The molecule has 3 aromatic carbocycles. The Balaban J connectivity index is 1.88. The number of amides is 1. The Labute approximate surface area is 185 Å². The van der Waals surface area contributed by atoms with Gasteiger partial charge in [0.2, 0.25) is 0 Å². The maximum Gasteiger partial charge on any atom is 0.253 e. The van der Waals surface area contributed by atoms with Crippen LogP contribution in [-0.2, 0) is 6.54 Å². The summed E-state index contributed by atoms with van der Waals surface area (Å²) < 4.78 is 5.72. The van der Waals surface area contributed by atoms with Crippen LogP contribution >= 0.6 is 23.2 Å². The van der Waals surface area contributed by atoms with E-state index in [0.717, 1.165) is 28.5 Å². The summed E-state index contributed by atoms with van der Waals surface area (Å²) in [6.07, 6.45) is 0.852. The zero-order chi connectivity index (χ0) is 21.7. The molecule has 1 amide bonds. The molecule has 0 aliphatic heterocycles. The van der Waals surface area contributed by atoms with Crippen molar-refractivity contribution >= 4 is 35.4 Å². The highest BCUT2D eigenvalue weighted by atomic mass is 35.5. The number of aryl methyl sites for hydroxylation is 1. The molecule has 4 nitrogen and oxygen atoms in total. The molecule has 0 aliphatic rings. The van der Waals surface area contributed by atoms with Crippen molar-refractivity contribution in [1.29, 1.82) is 0 Å². The van der Waals surface area contributed by atoms with Crippen molar-refractivity contribution in [1.82, 2.24) is 5.32 Å². The van der Waals surface area contributed by atoms with Crippen molar-refractivity contribution < 1.29 is 14.3 Å². The summed E-state index contributed by atoms with van der Waals surface area (Å²) in [5, 5.41) is 3.64. The topological polar surface area (TPSA) is 55.4 Å². The number of aldehydes is 1. The van der Waals surface area contributed by atoms with Crippen molar-refractivity contribution in [3.8, 4) is 16.9 Å². The number of ether oxygens (including phenoxy) is 1. The van der Waals surface area contributed by atoms with Crippen molar-refractivity contribution in [2.24, 2.45) is 0 Å². The predicted octanol–water partition coefficient (Wildman–Crippen LogP) is 6.11. The maximum absolute atomic E-state index is 12.6. The molecule has 0 atom stereocenters. The summed E-state index contributed by atoms with van der Waals surface area (Å²) in [5.74, 6) is 0.384. The molecule has 0 bridgehead atoms. The Kier molecular flexibility index (Phi) is 7.14. The molecule has 3 rings (SSSR count). The molecule has 0 heterocycles. The highest BCUT2D eigenvalue weighted by molar-refractivity contribution is 6.36. The van der Waals surface area contributed by atoms with Crippen LogP contribution in [0.5, 0.6) is 5.75 Å². The average Bonchev–Trinajstić information content (AvgIpc) is 2.73. The van der Waals surface area contributed by atoms with Crippen LogP contribution in [0.4, 0.5) is 0 Å². The molecule has 30 heavy (non-hydrogen) atoms. The number of halogens is 2. The third kappa shape index (κ3) is 5.02. The molecule has 154 valence electrons. The van der Waals surface area contributed by atoms with Crippen LogP contribution in [0.15, 0.2) is 54.6 Å². The predicted molar refractivity (Wildman–Crippen MR) is 121 cm³/mol. The van der Waals surface area contributed by atoms with Gasteiger partial charge < -0.3 is 10.1 Å². The third-order valence-corrected chi connectivity index (χ3v) is 5.26. The molecular formula is C24H21Cl2NO3. The number of carbonyl (C=O) groups excluding carboxylic acids is 2. The van der Waals surface area contributed by atoms with Crippen molar-refractivity contribution in [3.05, 3.63) is 86.9 Å². The Morgan fingerprint density at radius 3 is 2.47 bits per heavy atom. The quantitative estimate of drug-likeness (QED) is 0.449. The number of nitrogens with one attached hydrogen (secondary N) is 1. The average molecular weight is 442 g/mol. The lowest BCUT2D eigenvalue weighted by molar-refractivity contribution is 0.0950. The van der Waals surface area contributed by atoms with E-state index in [4.69, 9.17) is 27.9 Å². The largest absolute Gasteiger partial charge is 0.494 e. The smallest absolute Gasteiger partial charge is 0.253 e. The lowest BCUT2D eigenvalue weighted by Gasteiger charge is -2.14. The summed E-state index contributed by atoms with van der Waals surface area (Å²) in [4.78, 5) is 23.9. The number of rotatable bonds is 7. The lowest BCUT2D eigenvalue weighted by atomic mass is 9.98. The molecule has 0 aromatic heterocycles. The maximum atomic E-state index is 12.6. The Morgan fingerprint density at radius 2 is 1.77 bits per heavy atom. The van der Waals surface area contributed by atoms with E-state index >= 15 is 0 Å². The zero-order valence-corrected chi connectivity index (χ0v) is 18.2. The van der Waals surface area contributed by atoms with Crippen LogP contribution in [-0.4, -0.2) is 18.8 Å². The number of hydrogen-bond acceptors (Lipinski definition) is 3. The molecule has 0 saturated heterocycles. The van der Waals surface area contributed by atoms with E-state index < -0.39 is 0 Å². The molecule has 0 spiro atoms. The minimum atomic E-state index is -0.303. The molecule has 0 unspecified atom stereocenters. The van der Waals surface area contributed by atoms with E-state index in [2.05, 4.69) is 5.32 Å². The van der Waals surface area contributed by atoms with E-state index in [1.165, 1.54) is 6.07 Å². The SMILES string of the molecule is CCOc1ccc(-c2ccc(C)c(C=O)c2)cc1CNC(=O)c1ccc(Cl)cc1Cl. The first-order valence-electron chi connectivity index (χ1n) is 9.48. The Bertz CT molecular complexity index is 1100. The second-order valence-electron chi connectivity index (χ2n) is 6.75. The van der Waals surface area contributed by atoms with Gasteiger partial charge in [-0.3, -0.25) is 9.59 Å².